The van der Waals surface area contributed by atoms with Crippen molar-refractivity contribution in [1.29, 1.82) is 0 Å². The number of rotatable bonds is 7. The van der Waals surface area contributed by atoms with Gasteiger partial charge in [0.25, 0.3) is 5.91 Å². The number of benzene rings is 3. The Hall–Kier alpha value is -3.82. The van der Waals surface area contributed by atoms with Crippen molar-refractivity contribution in [2.24, 2.45) is 0 Å². The minimum absolute atomic E-state index is 0.155. The Bertz CT molecular complexity index is 1330. The van der Waals surface area contributed by atoms with E-state index in [9.17, 15) is 23.1 Å². The number of nitrogens with zero attached hydrogens (tertiary/aromatic N) is 2. The summed E-state index contributed by atoms with van der Waals surface area (Å²) in [5.41, 5.74) is 0.398. The Balaban J connectivity index is 1.53. The number of alkyl halides is 3. The lowest BCUT2D eigenvalue weighted by molar-refractivity contribution is -0.141. The van der Waals surface area contributed by atoms with Crippen LogP contribution in [0.5, 0.6) is 5.88 Å². The molecule has 0 aliphatic carbocycles. The van der Waals surface area contributed by atoms with Crippen LogP contribution < -0.4 is 10.1 Å². The average Bonchev–Trinajstić information content (AvgIpc) is 3.28. The first-order valence-corrected chi connectivity index (χ1v) is 10.8. The predicted octanol–water partition coefficient (Wildman–Crippen LogP) is 5.64. The van der Waals surface area contributed by atoms with Crippen molar-refractivity contribution in [3.63, 3.8) is 0 Å². The maximum atomic E-state index is 13.3. The van der Waals surface area contributed by atoms with Crippen molar-refractivity contribution in [2.45, 2.75) is 12.3 Å². The zero-order chi connectivity index (χ0) is 25.0. The molecule has 4 rings (SSSR count). The SMILES string of the molecule is O=C(COc1cc(C(F)(F)F)nn1-c1ccccc1Cl)Nc1ccccc1C(O)c1ccccc1. The van der Waals surface area contributed by atoms with Crippen LogP contribution in [0.3, 0.4) is 0 Å². The van der Waals surface area contributed by atoms with Crippen LogP contribution in [-0.4, -0.2) is 27.4 Å². The van der Waals surface area contributed by atoms with Gasteiger partial charge in [-0.2, -0.15) is 23.0 Å². The number of aliphatic hydroxyl groups excluding tert-OH is 1. The summed E-state index contributed by atoms with van der Waals surface area (Å²) in [4.78, 5) is 12.6. The van der Waals surface area contributed by atoms with E-state index < -0.39 is 30.5 Å². The number of nitrogens with one attached hydrogen (secondary N) is 1. The normalized spacial score (nSPS) is 12.3. The summed E-state index contributed by atoms with van der Waals surface area (Å²) < 4.78 is 46.1. The highest BCUT2D eigenvalue weighted by Gasteiger charge is 2.36. The minimum atomic E-state index is -4.72. The lowest BCUT2D eigenvalue weighted by Crippen LogP contribution is -2.22. The number of hydrogen-bond donors (Lipinski definition) is 2. The summed E-state index contributed by atoms with van der Waals surface area (Å²) in [6, 6.07) is 22.4. The first-order chi connectivity index (χ1) is 16.7. The van der Waals surface area contributed by atoms with Gasteiger partial charge in [0.1, 0.15) is 6.10 Å². The molecule has 1 amide bonds. The number of carbonyl (C=O) groups is 1. The van der Waals surface area contributed by atoms with Crippen LogP contribution in [0.4, 0.5) is 18.9 Å². The number of aromatic nitrogens is 2. The van der Waals surface area contributed by atoms with Gasteiger partial charge >= 0.3 is 6.18 Å². The fraction of sp³-hybridized carbons (Fsp3) is 0.120. The van der Waals surface area contributed by atoms with E-state index >= 15 is 0 Å². The zero-order valence-corrected chi connectivity index (χ0v) is 18.8. The van der Waals surface area contributed by atoms with E-state index in [4.69, 9.17) is 16.3 Å². The number of halogens is 4. The fourth-order valence-corrected chi connectivity index (χ4v) is 3.61. The number of aliphatic hydroxyl groups is 1. The Kier molecular flexibility index (Phi) is 7.09. The third kappa shape index (κ3) is 5.64. The van der Waals surface area contributed by atoms with Gasteiger partial charge in [0.2, 0.25) is 5.88 Å². The first-order valence-electron chi connectivity index (χ1n) is 10.4. The largest absolute Gasteiger partial charge is 0.467 e. The molecule has 0 radical (unpaired) electrons. The number of carbonyl (C=O) groups excluding carboxylic acids is 1. The van der Waals surface area contributed by atoms with Gasteiger partial charge in [0.15, 0.2) is 12.3 Å². The van der Waals surface area contributed by atoms with Gasteiger partial charge in [-0.3, -0.25) is 4.79 Å². The van der Waals surface area contributed by atoms with E-state index in [0.29, 0.717) is 22.9 Å². The third-order valence-electron chi connectivity index (χ3n) is 5.04. The Labute approximate surface area is 203 Å². The number of amides is 1. The molecule has 35 heavy (non-hydrogen) atoms. The van der Waals surface area contributed by atoms with Crippen molar-refractivity contribution in [3.8, 4) is 11.6 Å². The molecular weight excluding hydrogens is 483 g/mol. The summed E-state index contributed by atoms with van der Waals surface area (Å²) in [5.74, 6) is -0.948. The van der Waals surface area contributed by atoms with E-state index in [2.05, 4.69) is 10.4 Å². The molecule has 1 aromatic heterocycles. The van der Waals surface area contributed by atoms with Crippen LogP contribution in [0.15, 0.2) is 84.9 Å². The topological polar surface area (TPSA) is 76.4 Å². The van der Waals surface area contributed by atoms with Crippen molar-refractivity contribution >= 4 is 23.2 Å². The van der Waals surface area contributed by atoms with Gasteiger partial charge in [0, 0.05) is 17.3 Å². The van der Waals surface area contributed by atoms with Gasteiger partial charge in [0.05, 0.1) is 10.7 Å². The van der Waals surface area contributed by atoms with E-state index in [1.165, 1.54) is 12.1 Å². The van der Waals surface area contributed by atoms with E-state index in [1.54, 1.807) is 60.7 Å². The molecule has 1 atom stereocenters. The Morgan fingerprint density at radius 3 is 2.40 bits per heavy atom. The van der Waals surface area contributed by atoms with Gasteiger partial charge in [-0.05, 0) is 23.8 Å². The highest BCUT2D eigenvalue weighted by molar-refractivity contribution is 6.32. The summed E-state index contributed by atoms with van der Waals surface area (Å²) >= 11 is 6.12. The number of para-hydroxylation sites is 2. The fourth-order valence-electron chi connectivity index (χ4n) is 3.39. The molecule has 0 aliphatic rings. The van der Waals surface area contributed by atoms with Crippen molar-refractivity contribution in [3.05, 3.63) is 107 Å². The first kappa shape index (κ1) is 24.3. The van der Waals surface area contributed by atoms with Crippen LogP contribution in [-0.2, 0) is 11.0 Å². The average molecular weight is 502 g/mol. The standard InChI is InChI=1S/C25H19ClF3N3O3/c26-18-11-5-7-13-20(18)32-23(14-21(31-32)25(27,28)29)35-15-22(33)30-19-12-6-4-10-17(19)24(34)16-8-2-1-3-9-16/h1-14,24,34H,15H2,(H,30,33). The predicted molar refractivity (Wildman–Crippen MR) is 125 cm³/mol. The van der Waals surface area contributed by atoms with Gasteiger partial charge < -0.3 is 15.2 Å². The smallest absolute Gasteiger partial charge is 0.435 e. The molecule has 0 spiro atoms. The number of ether oxygens (including phenoxy) is 1. The third-order valence-corrected chi connectivity index (χ3v) is 5.36. The van der Waals surface area contributed by atoms with Crippen molar-refractivity contribution < 1.29 is 27.8 Å². The molecule has 0 aliphatic heterocycles. The summed E-state index contributed by atoms with van der Waals surface area (Å²) in [7, 11) is 0. The highest BCUT2D eigenvalue weighted by Crippen LogP contribution is 2.34. The molecule has 3 aromatic carbocycles. The van der Waals surface area contributed by atoms with E-state index in [1.807, 2.05) is 6.07 Å². The molecular formula is C25H19ClF3N3O3. The molecule has 0 saturated carbocycles. The lowest BCUT2D eigenvalue weighted by atomic mass is 10.00. The molecule has 2 N–H and O–H groups in total. The second-order valence-electron chi connectivity index (χ2n) is 7.47. The molecule has 0 fully saturated rings. The van der Waals surface area contributed by atoms with Gasteiger partial charge in [-0.15, -0.1) is 0 Å². The number of hydrogen-bond acceptors (Lipinski definition) is 4. The molecule has 1 unspecified atom stereocenters. The van der Waals surface area contributed by atoms with Crippen LogP contribution in [0.1, 0.15) is 22.9 Å². The Morgan fingerprint density at radius 2 is 1.69 bits per heavy atom. The molecule has 4 aromatic rings. The monoisotopic (exact) mass is 501 g/mol. The van der Waals surface area contributed by atoms with Crippen molar-refractivity contribution in [1.82, 2.24) is 9.78 Å². The summed E-state index contributed by atoms with van der Waals surface area (Å²) in [6.07, 6.45) is -5.72. The maximum Gasteiger partial charge on any atom is 0.435 e. The van der Waals surface area contributed by atoms with E-state index in [0.717, 1.165) is 4.68 Å². The molecule has 0 saturated heterocycles. The second-order valence-corrected chi connectivity index (χ2v) is 7.87. The molecule has 6 nitrogen and oxygen atoms in total. The van der Waals surface area contributed by atoms with E-state index in [-0.39, 0.29) is 16.6 Å². The maximum absolute atomic E-state index is 13.3. The van der Waals surface area contributed by atoms with Crippen LogP contribution in [0, 0.1) is 0 Å². The summed E-state index contributed by atoms with van der Waals surface area (Å²) in [5, 5.41) is 17.1. The molecule has 180 valence electrons. The molecule has 1 heterocycles. The van der Waals surface area contributed by atoms with Crippen LogP contribution >= 0.6 is 11.6 Å². The van der Waals surface area contributed by atoms with Crippen LogP contribution in [0.25, 0.3) is 5.69 Å². The Morgan fingerprint density at radius 1 is 1.03 bits per heavy atom. The van der Waals surface area contributed by atoms with Crippen LogP contribution in [0.2, 0.25) is 5.02 Å². The van der Waals surface area contributed by atoms with Crippen molar-refractivity contribution in [2.75, 3.05) is 11.9 Å². The second kappa shape index (κ2) is 10.2. The highest BCUT2D eigenvalue weighted by atomic mass is 35.5. The lowest BCUT2D eigenvalue weighted by Gasteiger charge is -2.17. The van der Waals surface area contributed by atoms with Gasteiger partial charge in [-0.1, -0.05) is 72.3 Å². The van der Waals surface area contributed by atoms with Gasteiger partial charge in [-0.25, -0.2) is 0 Å². The summed E-state index contributed by atoms with van der Waals surface area (Å²) in [6.45, 7) is -0.608. The number of anilines is 1. The minimum Gasteiger partial charge on any atom is -0.467 e. The zero-order valence-electron chi connectivity index (χ0n) is 18.0. The molecule has 0 bridgehead atoms. The quantitative estimate of drug-likeness (QED) is 0.343. The molecule has 10 heteroatoms.